The van der Waals surface area contributed by atoms with Crippen molar-refractivity contribution in [1.29, 1.82) is 0 Å². The van der Waals surface area contributed by atoms with Gasteiger partial charge in [-0.1, -0.05) is 12.1 Å². The molecule has 0 spiro atoms. The number of carbonyl (C=O) groups is 2. The Morgan fingerprint density at radius 2 is 2.26 bits per heavy atom. The van der Waals surface area contributed by atoms with Gasteiger partial charge in [0.1, 0.15) is 0 Å². The van der Waals surface area contributed by atoms with Gasteiger partial charge in [-0.05, 0) is 37.5 Å². The SMILES string of the molecule is Cc1nc(CC(=O)NC(C)c2ccc3c(c2)CCC(=O)N3)cs1. The molecule has 2 heterocycles. The first-order valence-corrected chi connectivity index (χ1v) is 8.52. The van der Waals surface area contributed by atoms with Crippen LogP contribution in [0.5, 0.6) is 0 Å². The maximum Gasteiger partial charge on any atom is 0.226 e. The van der Waals surface area contributed by atoms with E-state index in [1.165, 1.54) is 0 Å². The van der Waals surface area contributed by atoms with Gasteiger partial charge in [-0.25, -0.2) is 4.98 Å². The maximum atomic E-state index is 12.1. The second-order valence-corrected chi connectivity index (χ2v) is 6.85. The van der Waals surface area contributed by atoms with E-state index in [2.05, 4.69) is 21.7 Å². The van der Waals surface area contributed by atoms with Gasteiger partial charge in [-0.2, -0.15) is 0 Å². The van der Waals surface area contributed by atoms with Crippen molar-refractivity contribution >= 4 is 28.8 Å². The third-order valence-electron chi connectivity index (χ3n) is 3.91. The van der Waals surface area contributed by atoms with Crippen molar-refractivity contribution in [2.45, 2.75) is 39.2 Å². The fourth-order valence-corrected chi connectivity index (χ4v) is 3.32. The molecule has 0 saturated heterocycles. The molecule has 1 aromatic heterocycles. The van der Waals surface area contributed by atoms with Crippen LogP contribution in [0, 0.1) is 6.92 Å². The molecule has 6 heteroatoms. The number of hydrogen-bond acceptors (Lipinski definition) is 4. The molecule has 0 aliphatic carbocycles. The molecule has 1 aliphatic heterocycles. The monoisotopic (exact) mass is 329 g/mol. The van der Waals surface area contributed by atoms with Crippen molar-refractivity contribution in [2.24, 2.45) is 0 Å². The molecule has 0 radical (unpaired) electrons. The first kappa shape index (κ1) is 15.7. The number of fused-ring (bicyclic) bond motifs is 1. The number of aromatic nitrogens is 1. The number of rotatable bonds is 4. The van der Waals surface area contributed by atoms with E-state index in [0.717, 1.165) is 33.9 Å². The number of nitrogens with zero attached hydrogens (tertiary/aromatic N) is 1. The lowest BCUT2D eigenvalue weighted by Crippen LogP contribution is -2.28. The third-order valence-corrected chi connectivity index (χ3v) is 4.73. The fraction of sp³-hybridized carbons (Fsp3) is 0.353. The normalized spacial score (nSPS) is 14.8. The predicted octanol–water partition coefficient (Wildman–Crippen LogP) is 2.76. The smallest absolute Gasteiger partial charge is 0.226 e. The van der Waals surface area contributed by atoms with Gasteiger partial charge in [0.05, 0.1) is 23.2 Å². The Morgan fingerprint density at radius 3 is 3.00 bits per heavy atom. The summed E-state index contributed by atoms with van der Waals surface area (Å²) in [4.78, 5) is 27.8. The number of thiazole rings is 1. The van der Waals surface area contributed by atoms with Crippen LogP contribution in [-0.2, 0) is 22.4 Å². The minimum absolute atomic E-state index is 0.0335. The molecule has 2 aromatic rings. The minimum atomic E-state index is -0.0786. The molecule has 23 heavy (non-hydrogen) atoms. The number of aryl methyl sites for hydroxylation is 2. The summed E-state index contributed by atoms with van der Waals surface area (Å²) in [6.07, 6.45) is 1.56. The van der Waals surface area contributed by atoms with Crippen LogP contribution in [0.15, 0.2) is 23.6 Å². The molecule has 2 amide bonds. The van der Waals surface area contributed by atoms with Crippen molar-refractivity contribution in [2.75, 3.05) is 5.32 Å². The zero-order chi connectivity index (χ0) is 16.4. The quantitative estimate of drug-likeness (QED) is 0.906. The van der Waals surface area contributed by atoms with E-state index in [9.17, 15) is 9.59 Å². The average molecular weight is 329 g/mol. The summed E-state index contributed by atoms with van der Waals surface area (Å²) in [6.45, 7) is 3.90. The molecule has 1 unspecified atom stereocenters. The van der Waals surface area contributed by atoms with E-state index >= 15 is 0 Å². The first-order chi connectivity index (χ1) is 11.0. The first-order valence-electron chi connectivity index (χ1n) is 7.64. The molecular formula is C17H19N3O2S. The fourth-order valence-electron chi connectivity index (χ4n) is 2.70. The summed E-state index contributed by atoms with van der Waals surface area (Å²) in [5.41, 5.74) is 3.85. The highest BCUT2D eigenvalue weighted by molar-refractivity contribution is 7.09. The number of anilines is 1. The van der Waals surface area contributed by atoms with Crippen molar-refractivity contribution < 1.29 is 9.59 Å². The lowest BCUT2D eigenvalue weighted by atomic mass is 9.98. The van der Waals surface area contributed by atoms with Crippen LogP contribution in [0.25, 0.3) is 0 Å². The molecule has 1 aliphatic rings. The molecule has 0 bridgehead atoms. The largest absolute Gasteiger partial charge is 0.349 e. The van der Waals surface area contributed by atoms with Gasteiger partial charge in [-0.15, -0.1) is 11.3 Å². The average Bonchev–Trinajstić information content (AvgIpc) is 2.91. The van der Waals surface area contributed by atoms with Crippen LogP contribution in [-0.4, -0.2) is 16.8 Å². The Kier molecular flexibility index (Phi) is 4.43. The second-order valence-electron chi connectivity index (χ2n) is 5.79. The molecule has 5 nitrogen and oxygen atoms in total. The van der Waals surface area contributed by atoms with Crippen molar-refractivity contribution in [3.8, 4) is 0 Å². The van der Waals surface area contributed by atoms with Crippen molar-refractivity contribution in [1.82, 2.24) is 10.3 Å². The molecule has 2 N–H and O–H groups in total. The predicted molar refractivity (Wildman–Crippen MR) is 90.5 cm³/mol. The molecule has 0 fully saturated rings. The summed E-state index contributed by atoms with van der Waals surface area (Å²) in [6, 6.07) is 5.84. The van der Waals surface area contributed by atoms with Gasteiger partial charge < -0.3 is 10.6 Å². The van der Waals surface area contributed by atoms with Gasteiger partial charge in [0, 0.05) is 17.5 Å². The Hall–Kier alpha value is -2.21. The lowest BCUT2D eigenvalue weighted by Gasteiger charge is -2.20. The van der Waals surface area contributed by atoms with Crippen molar-refractivity contribution in [3.63, 3.8) is 0 Å². The highest BCUT2D eigenvalue weighted by Gasteiger charge is 2.17. The van der Waals surface area contributed by atoms with E-state index in [1.54, 1.807) is 11.3 Å². The summed E-state index contributed by atoms with van der Waals surface area (Å²) in [5.74, 6) is 0.0268. The van der Waals surface area contributed by atoms with Crippen LogP contribution < -0.4 is 10.6 Å². The van der Waals surface area contributed by atoms with Crippen LogP contribution in [0.3, 0.4) is 0 Å². The van der Waals surface area contributed by atoms with Crippen LogP contribution in [0.2, 0.25) is 0 Å². The third kappa shape index (κ3) is 3.76. The number of carbonyl (C=O) groups excluding carboxylic acids is 2. The minimum Gasteiger partial charge on any atom is -0.349 e. The van der Waals surface area contributed by atoms with Gasteiger partial charge >= 0.3 is 0 Å². The summed E-state index contributed by atoms with van der Waals surface area (Å²) < 4.78 is 0. The molecule has 1 atom stereocenters. The zero-order valence-electron chi connectivity index (χ0n) is 13.2. The van der Waals surface area contributed by atoms with E-state index in [0.29, 0.717) is 12.8 Å². The van der Waals surface area contributed by atoms with Gasteiger partial charge in [0.2, 0.25) is 11.8 Å². The summed E-state index contributed by atoms with van der Waals surface area (Å²) in [7, 11) is 0. The van der Waals surface area contributed by atoms with Crippen molar-refractivity contribution in [3.05, 3.63) is 45.4 Å². The molecule has 120 valence electrons. The van der Waals surface area contributed by atoms with Gasteiger partial charge in [0.15, 0.2) is 0 Å². The second kappa shape index (κ2) is 6.50. The highest BCUT2D eigenvalue weighted by atomic mass is 32.1. The standard InChI is InChI=1S/C17H19N3O2S/c1-10(18-17(22)8-14-9-23-11(2)19-14)12-3-5-15-13(7-12)4-6-16(21)20-15/h3,5,7,9-10H,4,6,8H2,1-2H3,(H,18,22)(H,20,21). The Bertz CT molecular complexity index is 754. The van der Waals surface area contributed by atoms with E-state index < -0.39 is 0 Å². The lowest BCUT2D eigenvalue weighted by molar-refractivity contribution is -0.121. The zero-order valence-corrected chi connectivity index (χ0v) is 14.0. The summed E-state index contributed by atoms with van der Waals surface area (Å²) in [5, 5.41) is 8.76. The van der Waals surface area contributed by atoms with E-state index in [4.69, 9.17) is 0 Å². The van der Waals surface area contributed by atoms with E-state index in [-0.39, 0.29) is 17.9 Å². The topological polar surface area (TPSA) is 71.1 Å². The van der Waals surface area contributed by atoms with Crippen LogP contribution in [0.4, 0.5) is 5.69 Å². The number of nitrogens with one attached hydrogen (secondary N) is 2. The molecule has 0 saturated carbocycles. The Balaban J connectivity index is 1.65. The van der Waals surface area contributed by atoms with Gasteiger partial charge in [0.25, 0.3) is 0 Å². The molecule has 1 aromatic carbocycles. The van der Waals surface area contributed by atoms with E-state index in [1.807, 2.05) is 31.4 Å². The molecular weight excluding hydrogens is 310 g/mol. The highest BCUT2D eigenvalue weighted by Crippen LogP contribution is 2.26. The van der Waals surface area contributed by atoms with Crippen LogP contribution >= 0.6 is 11.3 Å². The number of benzene rings is 1. The summed E-state index contributed by atoms with van der Waals surface area (Å²) >= 11 is 1.55. The molecule has 3 rings (SSSR count). The Labute approximate surface area is 139 Å². The maximum absolute atomic E-state index is 12.1. The van der Waals surface area contributed by atoms with Crippen LogP contribution in [0.1, 0.15) is 41.2 Å². The Morgan fingerprint density at radius 1 is 1.43 bits per heavy atom. The number of hydrogen-bond donors (Lipinski definition) is 2. The number of amides is 2. The van der Waals surface area contributed by atoms with Gasteiger partial charge in [-0.3, -0.25) is 9.59 Å².